The van der Waals surface area contributed by atoms with Gasteiger partial charge in [-0.25, -0.2) is 13.4 Å². The molecule has 2 heterocycles. The van der Waals surface area contributed by atoms with E-state index in [2.05, 4.69) is 5.32 Å². The Hall–Kier alpha value is -2.46. The molecule has 0 spiro atoms. The van der Waals surface area contributed by atoms with Crippen molar-refractivity contribution in [1.82, 2.24) is 9.29 Å². The van der Waals surface area contributed by atoms with Gasteiger partial charge >= 0.3 is 0 Å². The van der Waals surface area contributed by atoms with Gasteiger partial charge in [0.05, 0.1) is 34.4 Å². The van der Waals surface area contributed by atoms with Crippen molar-refractivity contribution in [1.29, 1.82) is 0 Å². The zero-order valence-electron chi connectivity index (χ0n) is 18.9. The number of hydrogen-bond acceptors (Lipinski definition) is 6. The van der Waals surface area contributed by atoms with Crippen LogP contribution in [0.4, 0.5) is 5.69 Å². The third-order valence-electron chi connectivity index (χ3n) is 5.67. The van der Waals surface area contributed by atoms with E-state index in [9.17, 15) is 13.2 Å². The lowest BCUT2D eigenvalue weighted by Gasteiger charge is -2.26. The zero-order chi connectivity index (χ0) is 23.6. The molecule has 0 radical (unpaired) electrons. The standard InChI is InChI=1S/C24H27N3O4S2/c1-16-7-8-19(33(29,30)27-9-11-31-12-10-27)14-21(16)25-22(28)15-32-23-13-18(3)20-6-4-5-17(2)24(20)26-23/h4-8,13-14H,9-12,15H2,1-3H3,(H,25,28). The Kier molecular flexibility index (Phi) is 7.04. The molecule has 0 aliphatic carbocycles. The molecule has 0 saturated carbocycles. The molecule has 4 rings (SSSR count). The highest BCUT2D eigenvalue weighted by atomic mass is 32.2. The summed E-state index contributed by atoms with van der Waals surface area (Å²) in [6.45, 7) is 7.32. The summed E-state index contributed by atoms with van der Waals surface area (Å²) in [6.07, 6.45) is 0. The number of aromatic nitrogens is 1. The molecule has 2 aromatic carbocycles. The van der Waals surface area contributed by atoms with Crippen LogP contribution in [0.1, 0.15) is 16.7 Å². The second kappa shape index (κ2) is 9.80. The van der Waals surface area contributed by atoms with E-state index in [1.807, 2.05) is 45.0 Å². The number of ether oxygens (including phenoxy) is 1. The predicted octanol–water partition coefficient (Wildman–Crippen LogP) is 3.91. The molecule has 1 amide bonds. The maximum atomic E-state index is 13.0. The maximum Gasteiger partial charge on any atom is 0.243 e. The van der Waals surface area contributed by atoms with Crippen LogP contribution in [0.15, 0.2) is 52.4 Å². The van der Waals surface area contributed by atoms with Gasteiger partial charge in [0.2, 0.25) is 15.9 Å². The number of rotatable bonds is 6. The fourth-order valence-electron chi connectivity index (χ4n) is 3.76. The van der Waals surface area contributed by atoms with Gasteiger partial charge in [0.25, 0.3) is 0 Å². The minimum atomic E-state index is -3.64. The van der Waals surface area contributed by atoms with Crippen molar-refractivity contribution >= 4 is 44.3 Å². The number of carbonyl (C=O) groups is 1. The first-order valence-electron chi connectivity index (χ1n) is 10.7. The van der Waals surface area contributed by atoms with Crippen LogP contribution in [0, 0.1) is 20.8 Å². The van der Waals surface area contributed by atoms with Gasteiger partial charge in [0.15, 0.2) is 0 Å². The van der Waals surface area contributed by atoms with Crippen LogP contribution < -0.4 is 5.32 Å². The van der Waals surface area contributed by atoms with E-state index in [0.29, 0.717) is 32.0 Å². The molecule has 174 valence electrons. The molecule has 0 atom stereocenters. The van der Waals surface area contributed by atoms with Crippen LogP contribution in [0.5, 0.6) is 0 Å². The number of thioether (sulfide) groups is 1. The van der Waals surface area contributed by atoms with Crippen molar-refractivity contribution < 1.29 is 17.9 Å². The third-order valence-corrected chi connectivity index (χ3v) is 8.47. The minimum absolute atomic E-state index is 0.167. The topological polar surface area (TPSA) is 88.6 Å². The van der Waals surface area contributed by atoms with Gasteiger partial charge in [-0.1, -0.05) is 36.0 Å². The molecule has 1 N–H and O–H groups in total. The fourth-order valence-corrected chi connectivity index (χ4v) is 5.96. The summed E-state index contributed by atoms with van der Waals surface area (Å²) in [6, 6.07) is 12.9. The normalized spacial score (nSPS) is 15.0. The number of amides is 1. The Morgan fingerprint density at radius 1 is 1.06 bits per heavy atom. The number of benzene rings is 2. The zero-order valence-corrected chi connectivity index (χ0v) is 20.6. The molecule has 3 aromatic rings. The number of hydrogen-bond donors (Lipinski definition) is 1. The lowest BCUT2D eigenvalue weighted by molar-refractivity contribution is -0.113. The lowest BCUT2D eigenvalue weighted by Crippen LogP contribution is -2.40. The van der Waals surface area contributed by atoms with Crippen LogP contribution in [0.3, 0.4) is 0 Å². The number of aryl methyl sites for hydroxylation is 3. The first kappa shape index (κ1) is 23.7. The number of para-hydroxylation sites is 1. The van der Waals surface area contributed by atoms with E-state index < -0.39 is 10.0 Å². The van der Waals surface area contributed by atoms with Gasteiger partial charge in [-0.05, 0) is 55.7 Å². The number of carbonyl (C=O) groups excluding carboxylic acids is 1. The van der Waals surface area contributed by atoms with Gasteiger partial charge in [-0.15, -0.1) is 0 Å². The second-order valence-corrected chi connectivity index (χ2v) is 11.0. The smallest absolute Gasteiger partial charge is 0.243 e. The van der Waals surface area contributed by atoms with E-state index in [1.54, 1.807) is 12.1 Å². The number of nitrogens with zero attached hydrogens (tertiary/aromatic N) is 2. The first-order valence-corrected chi connectivity index (χ1v) is 13.2. The van der Waals surface area contributed by atoms with Crippen LogP contribution >= 0.6 is 11.8 Å². The van der Waals surface area contributed by atoms with Crippen molar-refractivity contribution in [2.45, 2.75) is 30.7 Å². The van der Waals surface area contributed by atoms with E-state index in [0.717, 1.165) is 32.6 Å². The van der Waals surface area contributed by atoms with Gasteiger partial charge < -0.3 is 10.1 Å². The predicted molar refractivity (Wildman–Crippen MR) is 131 cm³/mol. The number of fused-ring (bicyclic) bond motifs is 1. The summed E-state index contributed by atoms with van der Waals surface area (Å²) in [5, 5.41) is 4.76. The van der Waals surface area contributed by atoms with Crippen molar-refractivity contribution in [3.63, 3.8) is 0 Å². The second-order valence-electron chi connectivity index (χ2n) is 8.08. The van der Waals surface area contributed by atoms with E-state index in [4.69, 9.17) is 9.72 Å². The summed E-state index contributed by atoms with van der Waals surface area (Å²) < 4.78 is 32.6. The molecule has 0 unspecified atom stereocenters. The molecule has 9 heteroatoms. The maximum absolute atomic E-state index is 13.0. The Morgan fingerprint density at radius 3 is 2.58 bits per heavy atom. The fraction of sp³-hybridized carbons (Fsp3) is 0.333. The van der Waals surface area contributed by atoms with E-state index >= 15 is 0 Å². The van der Waals surface area contributed by atoms with Gasteiger partial charge in [0.1, 0.15) is 0 Å². The molecule has 33 heavy (non-hydrogen) atoms. The van der Waals surface area contributed by atoms with Crippen molar-refractivity contribution in [3.05, 3.63) is 59.2 Å². The summed E-state index contributed by atoms with van der Waals surface area (Å²) in [4.78, 5) is 17.6. The molecule has 1 aliphatic rings. The minimum Gasteiger partial charge on any atom is -0.379 e. The summed E-state index contributed by atoms with van der Waals surface area (Å²) in [5.74, 6) is -0.0441. The van der Waals surface area contributed by atoms with E-state index in [1.165, 1.54) is 22.1 Å². The summed E-state index contributed by atoms with van der Waals surface area (Å²) >= 11 is 1.36. The molecule has 1 aliphatic heterocycles. The molecule has 0 bridgehead atoms. The lowest BCUT2D eigenvalue weighted by atomic mass is 10.1. The van der Waals surface area contributed by atoms with Crippen molar-refractivity contribution in [2.24, 2.45) is 0 Å². The third kappa shape index (κ3) is 5.22. The number of pyridine rings is 1. The monoisotopic (exact) mass is 485 g/mol. The highest BCUT2D eigenvalue weighted by Crippen LogP contribution is 2.27. The van der Waals surface area contributed by atoms with E-state index in [-0.39, 0.29) is 16.6 Å². The molecule has 1 fully saturated rings. The van der Waals surface area contributed by atoms with Crippen LogP contribution in [0.25, 0.3) is 10.9 Å². The summed E-state index contributed by atoms with van der Waals surface area (Å²) in [5.41, 5.74) is 4.44. The summed E-state index contributed by atoms with van der Waals surface area (Å²) in [7, 11) is -3.64. The largest absolute Gasteiger partial charge is 0.379 e. The number of nitrogens with one attached hydrogen (secondary N) is 1. The van der Waals surface area contributed by atoms with Crippen LogP contribution in [-0.2, 0) is 19.6 Å². The van der Waals surface area contributed by atoms with Gasteiger partial charge in [-0.2, -0.15) is 4.31 Å². The quantitative estimate of drug-likeness (QED) is 0.533. The Morgan fingerprint density at radius 2 is 1.82 bits per heavy atom. The molecular formula is C24H27N3O4S2. The average Bonchev–Trinajstić information content (AvgIpc) is 2.80. The average molecular weight is 486 g/mol. The van der Waals surface area contributed by atoms with Gasteiger partial charge in [-0.3, -0.25) is 4.79 Å². The molecular weight excluding hydrogens is 458 g/mol. The molecule has 1 aromatic heterocycles. The SMILES string of the molecule is Cc1ccc(S(=O)(=O)N2CCOCC2)cc1NC(=O)CSc1cc(C)c2cccc(C)c2n1. The number of morpholine rings is 1. The Labute approximate surface area is 198 Å². The number of anilines is 1. The highest BCUT2D eigenvalue weighted by Gasteiger charge is 2.27. The Balaban J connectivity index is 1.47. The molecule has 7 nitrogen and oxygen atoms in total. The number of sulfonamides is 1. The van der Waals surface area contributed by atoms with Gasteiger partial charge in [0, 0.05) is 24.2 Å². The van der Waals surface area contributed by atoms with Crippen molar-refractivity contribution in [3.8, 4) is 0 Å². The van der Waals surface area contributed by atoms with Crippen LogP contribution in [-0.4, -0.2) is 55.7 Å². The first-order chi connectivity index (χ1) is 15.8. The Bertz CT molecular complexity index is 1300. The van der Waals surface area contributed by atoms with Crippen molar-refractivity contribution in [2.75, 3.05) is 37.4 Å². The highest BCUT2D eigenvalue weighted by molar-refractivity contribution is 7.99. The van der Waals surface area contributed by atoms with Crippen LogP contribution in [0.2, 0.25) is 0 Å². The molecule has 1 saturated heterocycles.